The Labute approximate surface area is 142 Å². The molecule has 25 heavy (non-hydrogen) atoms. The van der Waals surface area contributed by atoms with Gasteiger partial charge in [0.1, 0.15) is 0 Å². The Bertz CT molecular complexity index is 802. The van der Waals surface area contributed by atoms with Crippen LogP contribution in [0.5, 0.6) is 0 Å². The molecule has 1 aliphatic rings. The molecule has 0 unspecified atom stereocenters. The fourth-order valence-electron chi connectivity index (χ4n) is 2.46. The summed E-state index contributed by atoms with van der Waals surface area (Å²) in [5.74, 6) is -3.31. The molecule has 1 aromatic carbocycles. The van der Waals surface area contributed by atoms with E-state index in [9.17, 15) is 18.4 Å². The number of aliphatic carboxylic acids is 1. The minimum absolute atomic E-state index is 0.00914. The highest BCUT2D eigenvalue weighted by Crippen LogP contribution is 2.39. The molecule has 6 nitrogen and oxygen atoms in total. The van der Waals surface area contributed by atoms with Crippen LogP contribution in [0.2, 0.25) is 0 Å². The molecule has 0 atom stereocenters. The molecule has 0 radical (unpaired) electrons. The van der Waals surface area contributed by atoms with E-state index in [-0.39, 0.29) is 25.3 Å². The van der Waals surface area contributed by atoms with Crippen LogP contribution in [0.4, 0.5) is 8.78 Å². The number of benzene rings is 1. The molecule has 8 heteroatoms. The van der Waals surface area contributed by atoms with Gasteiger partial charge in [-0.15, -0.1) is 0 Å². The summed E-state index contributed by atoms with van der Waals surface area (Å²) in [6.07, 6.45) is 1.72. The van der Waals surface area contributed by atoms with Gasteiger partial charge in [0.05, 0.1) is 12.1 Å². The monoisotopic (exact) mass is 350 g/mol. The summed E-state index contributed by atoms with van der Waals surface area (Å²) >= 11 is 0. The lowest BCUT2D eigenvalue weighted by molar-refractivity contribution is -0.137. The standard InChI is InChI=1S/C17H16F2N2O4/c18-12-4-1-10(7-13(12)19)9-21(6-5-16(22)23)17(24)15-8-14(20-25-15)11-2-3-11/h1,4,7-8,11H,2-3,5-6,9H2,(H,22,23). The molecule has 1 aromatic heterocycles. The van der Waals surface area contributed by atoms with E-state index in [0.717, 1.165) is 25.0 Å². The van der Waals surface area contributed by atoms with Crippen molar-refractivity contribution in [1.29, 1.82) is 0 Å². The Morgan fingerprint density at radius 2 is 2.00 bits per heavy atom. The number of amides is 1. The predicted octanol–water partition coefficient (Wildman–Crippen LogP) is 2.95. The third kappa shape index (κ3) is 4.20. The van der Waals surface area contributed by atoms with Crippen molar-refractivity contribution in [2.45, 2.75) is 31.7 Å². The van der Waals surface area contributed by atoms with Crippen LogP contribution in [0.15, 0.2) is 28.8 Å². The molecule has 1 amide bonds. The first-order chi connectivity index (χ1) is 11.9. The Hall–Kier alpha value is -2.77. The summed E-state index contributed by atoms with van der Waals surface area (Å²) in [4.78, 5) is 24.7. The number of hydrogen-bond donors (Lipinski definition) is 1. The molecule has 0 aliphatic heterocycles. The van der Waals surface area contributed by atoms with E-state index in [2.05, 4.69) is 5.16 Å². The van der Waals surface area contributed by atoms with Gasteiger partial charge in [-0.05, 0) is 30.5 Å². The number of carboxylic acids is 1. The molecule has 132 valence electrons. The highest BCUT2D eigenvalue weighted by atomic mass is 19.2. The summed E-state index contributed by atoms with van der Waals surface area (Å²) in [5.41, 5.74) is 1.05. The molecular formula is C17H16F2N2O4. The van der Waals surface area contributed by atoms with Crippen molar-refractivity contribution >= 4 is 11.9 Å². The highest BCUT2D eigenvalue weighted by molar-refractivity contribution is 5.91. The zero-order chi connectivity index (χ0) is 18.0. The van der Waals surface area contributed by atoms with Crippen molar-refractivity contribution < 1.29 is 28.0 Å². The molecule has 0 bridgehead atoms. The Balaban J connectivity index is 1.78. The third-order valence-corrected chi connectivity index (χ3v) is 3.98. The molecule has 1 N–H and O–H groups in total. The summed E-state index contributed by atoms with van der Waals surface area (Å²) in [7, 11) is 0. The van der Waals surface area contributed by atoms with Gasteiger partial charge in [0.25, 0.3) is 5.91 Å². The maximum atomic E-state index is 13.4. The van der Waals surface area contributed by atoms with Crippen LogP contribution >= 0.6 is 0 Å². The van der Waals surface area contributed by atoms with E-state index in [1.54, 1.807) is 6.07 Å². The Morgan fingerprint density at radius 3 is 2.64 bits per heavy atom. The first-order valence-corrected chi connectivity index (χ1v) is 7.85. The average molecular weight is 350 g/mol. The summed E-state index contributed by atoms with van der Waals surface area (Å²) in [6.45, 7) is -0.157. The fraction of sp³-hybridized carbons (Fsp3) is 0.353. The van der Waals surface area contributed by atoms with Crippen molar-refractivity contribution in [3.05, 3.63) is 52.9 Å². The number of rotatable bonds is 7. The zero-order valence-electron chi connectivity index (χ0n) is 13.2. The molecule has 2 aromatic rings. The van der Waals surface area contributed by atoms with Gasteiger partial charge in [-0.3, -0.25) is 9.59 Å². The van der Waals surface area contributed by atoms with Gasteiger partial charge in [-0.1, -0.05) is 11.2 Å². The second kappa shape index (κ2) is 7.00. The van der Waals surface area contributed by atoms with Crippen molar-refractivity contribution in [2.75, 3.05) is 6.54 Å². The lowest BCUT2D eigenvalue weighted by Gasteiger charge is -2.20. The quantitative estimate of drug-likeness (QED) is 0.830. The van der Waals surface area contributed by atoms with Gasteiger partial charge in [-0.25, -0.2) is 8.78 Å². The van der Waals surface area contributed by atoms with Crippen LogP contribution in [0.1, 0.15) is 47.0 Å². The van der Waals surface area contributed by atoms with E-state index < -0.39 is 23.5 Å². The molecule has 3 rings (SSSR count). The topological polar surface area (TPSA) is 83.6 Å². The van der Waals surface area contributed by atoms with Crippen LogP contribution in [-0.4, -0.2) is 33.6 Å². The second-order valence-electron chi connectivity index (χ2n) is 6.01. The minimum Gasteiger partial charge on any atom is -0.481 e. The van der Waals surface area contributed by atoms with Gasteiger partial charge in [0.15, 0.2) is 11.6 Å². The van der Waals surface area contributed by atoms with E-state index >= 15 is 0 Å². The molecule has 1 saturated carbocycles. The Morgan fingerprint density at radius 1 is 1.24 bits per heavy atom. The molecule has 0 saturated heterocycles. The van der Waals surface area contributed by atoms with E-state index in [1.807, 2.05) is 0 Å². The van der Waals surface area contributed by atoms with Crippen molar-refractivity contribution in [3.8, 4) is 0 Å². The third-order valence-electron chi connectivity index (χ3n) is 3.98. The molecule has 1 fully saturated rings. The number of hydrogen-bond acceptors (Lipinski definition) is 4. The first-order valence-electron chi connectivity index (χ1n) is 7.85. The molecule has 0 spiro atoms. The lowest BCUT2D eigenvalue weighted by atomic mass is 10.2. The molecule has 1 heterocycles. The average Bonchev–Trinajstić information content (AvgIpc) is 3.31. The summed E-state index contributed by atoms with van der Waals surface area (Å²) in [5, 5.41) is 12.7. The number of carbonyl (C=O) groups excluding carboxylic acids is 1. The van der Waals surface area contributed by atoms with Crippen LogP contribution in [0.25, 0.3) is 0 Å². The largest absolute Gasteiger partial charge is 0.481 e. The second-order valence-corrected chi connectivity index (χ2v) is 6.01. The zero-order valence-corrected chi connectivity index (χ0v) is 13.2. The van der Waals surface area contributed by atoms with E-state index in [1.165, 1.54) is 11.0 Å². The maximum absolute atomic E-state index is 13.4. The van der Waals surface area contributed by atoms with Crippen LogP contribution in [0.3, 0.4) is 0 Å². The summed E-state index contributed by atoms with van der Waals surface area (Å²) in [6, 6.07) is 4.84. The number of carboxylic acid groups (broad SMARTS) is 1. The predicted molar refractivity (Wildman–Crippen MR) is 81.8 cm³/mol. The lowest BCUT2D eigenvalue weighted by Crippen LogP contribution is -2.32. The number of nitrogens with zero attached hydrogens (tertiary/aromatic N) is 2. The minimum atomic E-state index is -1.07. The van der Waals surface area contributed by atoms with Crippen molar-refractivity contribution in [3.63, 3.8) is 0 Å². The van der Waals surface area contributed by atoms with Crippen LogP contribution in [-0.2, 0) is 11.3 Å². The Kier molecular flexibility index (Phi) is 4.78. The van der Waals surface area contributed by atoms with Gasteiger partial charge in [-0.2, -0.15) is 0 Å². The maximum Gasteiger partial charge on any atom is 0.305 e. The van der Waals surface area contributed by atoms with E-state index in [4.69, 9.17) is 9.63 Å². The van der Waals surface area contributed by atoms with Gasteiger partial charge in [0.2, 0.25) is 5.76 Å². The fourth-order valence-corrected chi connectivity index (χ4v) is 2.46. The van der Waals surface area contributed by atoms with E-state index in [0.29, 0.717) is 17.2 Å². The van der Waals surface area contributed by atoms with Gasteiger partial charge in [0, 0.05) is 25.1 Å². The number of carbonyl (C=O) groups is 2. The van der Waals surface area contributed by atoms with Crippen LogP contribution in [0, 0.1) is 11.6 Å². The SMILES string of the molecule is O=C(O)CCN(Cc1ccc(F)c(F)c1)C(=O)c1cc(C2CC2)no1. The van der Waals surface area contributed by atoms with Crippen molar-refractivity contribution in [2.24, 2.45) is 0 Å². The molecule has 1 aliphatic carbocycles. The van der Waals surface area contributed by atoms with Crippen molar-refractivity contribution in [1.82, 2.24) is 10.1 Å². The van der Waals surface area contributed by atoms with Gasteiger partial charge >= 0.3 is 5.97 Å². The van der Waals surface area contributed by atoms with Crippen LogP contribution < -0.4 is 0 Å². The smallest absolute Gasteiger partial charge is 0.305 e. The highest BCUT2D eigenvalue weighted by Gasteiger charge is 2.29. The normalized spacial score (nSPS) is 13.7. The first kappa shape index (κ1) is 17.1. The number of aromatic nitrogens is 1. The number of halogens is 2. The molecular weight excluding hydrogens is 334 g/mol. The summed E-state index contributed by atoms with van der Waals surface area (Å²) < 4.78 is 31.5. The van der Waals surface area contributed by atoms with Gasteiger partial charge < -0.3 is 14.5 Å².